The Morgan fingerprint density at radius 1 is 1.52 bits per heavy atom. The highest BCUT2D eigenvalue weighted by Crippen LogP contribution is 2.26. The Hall–Kier alpha value is -0.0900. The molecule has 0 spiro atoms. The third-order valence-corrected chi connectivity index (χ3v) is 5.20. The predicted molar refractivity (Wildman–Crippen MR) is 109 cm³/mol. The summed E-state index contributed by atoms with van der Waals surface area (Å²) in [7, 11) is 2.16. The fraction of sp³-hybridized carbons (Fsp3) is 0.667. The number of nitrogens with zero attached hydrogens (tertiary/aromatic N) is 2. The topological polar surface area (TPSA) is 59.9 Å². The summed E-state index contributed by atoms with van der Waals surface area (Å²) in [5.74, 6) is 0.754. The molecule has 2 atom stereocenters. The van der Waals surface area contributed by atoms with Crippen molar-refractivity contribution in [2.75, 3.05) is 33.2 Å². The second-order valence-corrected chi connectivity index (χ2v) is 7.28. The summed E-state index contributed by atoms with van der Waals surface area (Å²) in [5.41, 5.74) is 0. The molecule has 0 bridgehead atoms. The van der Waals surface area contributed by atoms with Crippen LogP contribution in [0.25, 0.3) is 0 Å². The molecule has 1 saturated heterocycles. The van der Waals surface area contributed by atoms with Crippen LogP contribution in [0.4, 0.5) is 0 Å². The Labute approximate surface area is 164 Å². The average Bonchev–Trinajstić information content (AvgIpc) is 3.10. The minimum atomic E-state index is -0.609. The van der Waals surface area contributed by atoms with E-state index in [0.29, 0.717) is 16.9 Å². The smallest absolute Gasteiger partial charge is 0.191 e. The monoisotopic (exact) mass is 472 g/mol. The van der Waals surface area contributed by atoms with E-state index in [4.69, 9.17) is 11.6 Å². The number of aliphatic hydroxyl groups is 1. The number of aliphatic hydroxyl groups excluding tert-OH is 1. The number of likely N-dealkylation sites (tertiary alicyclic amines) is 1. The van der Waals surface area contributed by atoms with Crippen molar-refractivity contribution in [2.24, 2.45) is 4.99 Å². The second kappa shape index (κ2) is 10.7. The van der Waals surface area contributed by atoms with Crippen LogP contribution in [0, 0.1) is 0 Å². The first-order valence-electron chi connectivity index (χ1n) is 7.76. The van der Waals surface area contributed by atoms with E-state index in [2.05, 4.69) is 27.6 Å². The number of thiophene rings is 1. The standard InChI is InChI=1S/C15H25ClN4OS.HI/c1-3-17-15(18-9-11-5-4-8-20(11)2)19-10-12(21)13-6-7-14(16)22-13;/h6-7,11-12,21H,3-5,8-10H2,1-2H3,(H2,17,18,19);1H. The van der Waals surface area contributed by atoms with E-state index >= 15 is 0 Å². The minimum Gasteiger partial charge on any atom is -0.386 e. The van der Waals surface area contributed by atoms with Crippen molar-refractivity contribution >= 4 is 52.9 Å². The molecule has 1 aromatic heterocycles. The van der Waals surface area contributed by atoms with Gasteiger partial charge in [-0.25, -0.2) is 0 Å². The maximum atomic E-state index is 10.2. The maximum absolute atomic E-state index is 10.2. The van der Waals surface area contributed by atoms with Gasteiger partial charge in [0.25, 0.3) is 0 Å². The van der Waals surface area contributed by atoms with Gasteiger partial charge in [0.15, 0.2) is 5.96 Å². The van der Waals surface area contributed by atoms with E-state index in [0.717, 1.165) is 30.5 Å². The molecule has 0 aromatic carbocycles. The number of aliphatic imine (C=N–C) groups is 1. The Kier molecular flexibility index (Phi) is 9.76. The van der Waals surface area contributed by atoms with Gasteiger partial charge in [-0.05, 0) is 45.5 Å². The molecule has 132 valence electrons. The van der Waals surface area contributed by atoms with Gasteiger partial charge in [-0.1, -0.05) is 11.6 Å². The lowest BCUT2D eigenvalue weighted by Crippen LogP contribution is -2.44. The van der Waals surface area contributed by atoms with Gasteiger partial charge in [-0.2, -0.15) is 0 Å². The zero-order chi connectivity index (χ0) is 15.9. The Balaban J connectivity index is 0.00000264. The van der Waals surface area contributed by atoms with Crippen molar-refractivity contribution < 1.29 is 5.11 Å². The molecule has 0 saturated carbocycles. The fourth-order valence-corrected chi connectivity index (χ4v) is 3.61. The molecule has 1 aliphatic rings. The first-order valence-corrected chi connectivity index (χ1v) is 8.95. The normalized spacial score (nSPS) is 20.2. The summed E-state index contributed by atoms with van der Waals surface area (Å²) in [6.07, 6.45) is 1.87. The molecule has 1 fully saturated rings. The predicted octanol–water partition coefficient (Wildman–Crippen LogP) is 2.70. The molecule has 3 N–H and O–H groups in total. The summed E-state index contributed by atoms with van der Waals surface area (Å²) < 4.78 is 0.687. The second-order valence-electron chi connectivity index (χ2n) is 5.53. The number of guanidine groups is 1. The molecule has 23 heavy (non-hydrogen) atoms. The number of rotatable bonds is 6. The van der Waals surface area contributed by atoms with Gasteiger partial charge in [0.05, 0.1) is 10.9 Å². The summed E-state index contributed by atoms with van der Waals surface area (Å²) >= 11 is 7.29. The van der Waals surface area contributed by atoms with Gasteiger partial charge in [-0.15, -0.1) is 35.3 Å². The molecule has 1 aliphatic heterocycles. The van der Waals surface area contributed by atoms with Crippen LogP contribution in [-0.4, -0.2) is 55.2 Å². The lowest BCUT2D eigenvalue weighted by atomic mass is 10.2. The van der Waals surface area contributed by atoms with Crippen LogP contribution in [0.5, 0.6) is 0 Å². The van der Waals surface area contributed by atoms with E-state index in [1.165, 1.54) is 24.2 Å². The van der Waals surface area contributed by atoms with Gasteiger partial charge in [0.2, 0.25) is 0 Å². The van der Waals surface area contributed by atoms with Crippen molar-refractivity contribution in [3.8, 4) is 0 Å². The molecule has 1 aromatic rings. The molecule has 0 amide bonds. The van der Waals surface area contributed by atoms with Crippen molar-refractivity contribution in [3.05, 3.63) is 21.3 Å². The third kappa shape index (κ3) is 6.74. The van der Waals surface area contributed by atoms with Gasteiger partial charge in [0, 0.05) is 24.0 Å². The van der Waals surface area contributed by atoms with Crippen LogP contribution in [-0.2, 0) is 0 Å². The molecule has 0 aliphatic carbocycles. The Bertz CT molecular complexity index is 500. The first-order chi connectivity index (χ1) is 10.6. The zero-order valence-corrected chi connectivity index (χ0v) is 17.5. The van der Waals surface area contributed by atoms with Crippen LogP contribution in [0.3, 0.4) is 0 Å². The highest BCUT2D eigenvalue weighted by Gasteiger charge is 2.20. The molecule has 8 heteroatoms. The van der Waals surface area contributed by atoms with Crippen LogP contribution < -0.4 is 10.6 Å². The lowest BCUT2D eigenvalue weighted by molar-refractivity contribution is 0.191. The Morgan fingerprint density at radius 3 is 2.87 bits per heavy atom. The molecule has 5 nitrogen and oxygen atoms in total. The zero-order valence-electron chi connectivity index (χ0n) is 13.6. The highest BCUT2D eigenvalue weighted by molar-refractivity contribution is 14.0. The van der Waals surface area contributed by atoms with Crippen molar-refractivity contribution in [3.63, 3.8) is 0 Å². The largest absolute Gasteiger partial charge is 0.386 e. The summed E-state index contributed by atoms with van der Waals surface area (Å²) in [6, 6.07) is 4.21. The summed E-state index contributed by atoms with van der Waals surface area (Å²) in [5, 5.41) is 16.7. The number of hydrogen-bond acceptors (Lipinski definition) is 4. The summed E-state index contributed by atoms with van der Waals surface area (Å²) in [4.78, 5) is 7.70. The minimum absolute atomic E-state index is 0. The average molecular weight is 473 g/mol. The van der Waals surface area contributed by atoms with Crippen molar-refractivity contribution in [1.29, 1.82) is 0 Å². The van der Waals surface area contributed by atoms with Gasteiger partial charge >= 0.3 is 0 Å². The molecule has 2 unspecified atom stereocenters. The molecule has 2 heterocycles. The summed E-state index contributed by atoms with van der Waals surface area (Å²) in [6.45, 7) is 5.20. The van der Waals surface area contributed by atoms with Crippen LogP contribution in [0.15, 0.2) is 17.1 Å². The van der Waals surface area contributed by atoms with E-state index in [9.17, 15) is 5.11 Å². The van der Waals surface area contributed by atoms with E-state index in [1.807, 2.05) is 13.0 Å². The van der Waals surface area contributed by atoms with Gasteiger partial charge in [-0.3, -0.25) is 4.99 Å². The molecule has 2 rings (SSSR count). The molecule has 0 radical (unpaired) electrons. The van der Waals surface area contributed by atoms with Crippen molar-refractivity contribution in [2.45, 2.75) is 31.9 Å². The van der Waals surface area contributed by atoms with Crippen LogP contribution in [0.2, 0.25) is 4.34 Å². The Morgan fingerprint density at radius 2 is 2.30 bits per heavy atom. The van der Waals surface area contributed by atoms with Gasteiger partial charge in [0.1, 0.15) is 6.10 Å². The molecular weight excluding hydrogens is 447 g/mol. The number of hydrogen-bond donors (Lipinski definition) is 3. The molecular formula is C15H26ClIN4OS. The fourth-order valence-electron chi connectivity index (χ4n) is 2.57. The van der Waals surface area contributed by atoms with Crippen LogP contribution in [0.1, 0.15) is 30.7 Å². The van der Waals surface area contributed by atoms with E-state index < -0.39 is 6.10 Å². The maximum Gasteiger partial charge on any atom is 0.191 e. The van der Waals surface area contributed by atoms with E-state index in [1.54, 1.807) is 6.07 Å². The lowest BCUT2D eigenvalue weighted by Gasteiger charge is -2.21. The highest BCUT2D eigenvalue weighted by atomic mass is 127. The number of likely N-dealkylation sites (N-methyl/N-ethyl adjacent to an activating group) is 1. The quantitative estimate of drug-likeness (QED) is 0.338. The van der Waals surface area contributed by atoms with Gasteiger partial charge < -0.3 is 20.6 Å². The van der Waals surface area contributed by atoms with E-state index in [-0.39, 0.29) is 24.0 Å². The number of halogens is 2. The van der Waals surface area contributed by atoms with Crippen LogP contribution >= 0.6 is 46.9 Å². The van der Waals surface area contributed by atoms with Crippen molar-refractivity contribution in [1.82, 2.24) is 15.5 Å². The SMILES string of the molecule is CCNC(=NCC(O)c1ccc(Cl)s1)NCC1CCCN1C.I. The number of nitrogens with one attached hydrogen (secondary N) is 2. The third-order valence-electron chi connectivity index (χ3n) is 3.87. The first kappa shape index (κ1) is 21.0.